The summed E-state index contributed by atoms with van der Waals surface area (Å²) in [6.07, 6.45) is 0. The minimum absolute atomic E-state index is 0.0171. The molecule has 1 fully saturated rings. The zero-order valence-corrected chi connectivity index (χ0v) is 18.7. The zero-order chi connectivity index (χ0) is 22.9. The zero-order valence-electron chi connectivity index (χ0n) is 18.7. The molecule has 0 spiro atoms. The second-order valence-corrected chi connectivity index (χ2v) is 8.31. The number of benzene rings is 3. The van der Waals surface area contributed by atoms with Crippen molar-refractivity contribution < 1.29 is 9.59 Å². The summed E-state index contributed by atoms with van der Waals surface area (Å²) in [6, 6.07) is 28.0. The van der Waals surface area contributed by atoms with E-state index in [0.717, 1.165) is 48.6 Å². The minimum Gasteiger partial charge on any atom is -0.351 e. The monoisotopic (exact) mass is 442 g/mol. The molecule has 33 heavy (non-hydrogen) atoms. The molecule has 1 aliphatic rings. The van der Waals surface area contributed by atoms with E-state index in [2.05, 4.69) is 32.6 Å². The molecular weight excluding hydrogens is 412 g/mol. The first kappa shape index (κ1) is 22.7. The van der Waals surface area contributed by atoms with Gasteiger partial charge in [0.15, 0.2) is 0 Å². The second kappa shape index (κ2) is 11.4. The number of amides is 2. The number of nitrogens with one attached hydrogen (secondary N) is 2. The summed E-state index contributed by atoms with van der Waals surface area (Å²) in [7, 11) is 0. The number of nitrogens with zero attached hydrogens (tertiary/aromatic N) is 2. The average Bonchev–Trinajstić information content (AvgIpc) is 2.86. The highest BCUT2D eigenvalue weighted by Crippen LogP contribution is 2.21. The van der Waals surface area contributed by atoms with Crippen LogP contribution < -0.4 is 10.6 Å². The van der Waals surface area contributed by atoms with E-state index in [9.17, 15) is 9.59 Å². The molecule has 3 aromatic carbocycles. The fraction of sp³-hybridized carbons (Fsp3) is 0.259. The number of carbonyl (C=O) groups is 2. The van der Waals surface area contributed by atoms with Gasteiger partial charge in [0.1, 0.15) is 0 Å². The Morgan fingerprint density at radius 1 is 0.636 bits per heavy atom. The molecule has 1 heterocycles. The largest absolute Gasteiger partial charge is 0.351 e. The Hall–Kier alpha value is -3.48. The van der Waals surface area contributed by atoms with Crippen LogP contribution in [0.3, 0.4) is 0 Å². The van der Waals surface area contributed by atoms with Gasteiger partial charge in [-0.15, -0.1) is 0 Å². The van der Waals surface area contributed by atoms with Gasteiger partial charge in [0.2, 0.25) is 11.8 Å². The van der Waals surface area contributed by atoms with Crippen LogP contribution in [0, 0.1) is 0 Å². The van der Waals surface area contributed by atoms with Crippen LogP contribution in [0.1, 0.15) is 5.56 Å². The van der Waals surface area contributed by atoms with Gasteiger partial charge in [0, 0.05) is 38.4 Å². The van der Waals surface area contributed by atoms with Gasteiger partial charge in [-0.25, -0.2) is 0 Å². The highest BCUT2D eigenvalue weighted by atomic mass is 16.2. The maximum Gasteiger partial charge on any atom is 0.238 e. The summed E-state index contributed by atoms with van der Waals surface area (Å²) in [4.78, 5) is 29.0. The number of anilines is 1. The van der Waals surface area contributed by atoms with Crippen LogP contribution in [0.5, 0.6) is 0 Å². The Bertz CT molecular complexity index is 1030. The fourth-order valence-electron chi connectivity index (χ4n) is 3.94. The summed E-state index contributed by atoms with van der Waals surface area (Å²) < 4.78 is 0. The molecule has 0 atom stereocenters. The van der Waals surface area contributed by atoms with Crippen LogP contribution in [0.25, 0.3) is 11.1 Å². The third kappa shape index (κ3) is 7.00. The molecule has 4 rings (SSSR count). The van der Waals surface area contributed by atoms with Gasteiger partial charge >= 0.3 is 0 Å². The fourth-order valence-corrected chi connectivity index (χ4v) is 3.94. The van der Waals surface area contributed by atoms with E-state index >= 15 is 0 Å². The van der Waals surface area contributed by atoms with E-state index in [-0.39, 0.29) is 11.8 Å². The van der Waals surface area contributed by atoms with Gasteiger partial charge in [-0.2, -0.15) is 0 Å². The van der Waals surface area contributed by atoms with Crippen LogP contribution >= 0.6 is 0 Å². The number of hydrogen-bond donors (Lipinski definition) is 2. The maximum absolute atomic E-state index is 12.5. The molecule has 2 N–H and O–H groups in total. The maximum atomic E-state index is 12.5. The Kier molecular flexibility index (Phi) is 7.85. The van der Waals surface area contributed by atoms with Crippen molar-refractivity contribution in [3.8, 4) is 11.1 Å². The van der Waals surface area contributed by atoms with E-state index in [0.29, 0.717) is 19.6 Å². The predicted octanol–water partition coefficient (Wildman–Crippen LogP) is 3.23. The van der Waals surface area contributed by atoms with E-state index in [1.54, 1.807) is 0 Å². The first-order valence-corrected chi connectivity index (χ1v) is 11.4. The highest BCUT2D eigenvalue weighted by molar-refractivity contribution is 5.92. The molecule has 6 nitrogen and oxygen atoms in total. The molecule has 2 amide bonds. The number of rotatable bonds is 8. The third-order valence-corrected chi connectivity index (χ3v) is 5.81. The van der Waals surface area contributed by atoms with Gasteiger partial charge in [0.05, 0.1) is 13.1 Å². The Morgan fingerprint density at radius 3 is 1.76 bits per heavy atom. The van der Waals surface area contributed by atoms with Gasteiger partial charge in [-0.1, -0.05) is 72.8 Å². The molecule has 1 aliphatic heterocycles. The lowest BCUT2D eigenvalue weighted by Gasteiger charge is -2.33. The summed E-state index contributed by atoms with van der Waals surface area (Å²) in [5.74, 6) is 0.0144. The number of hydrogen-bond acceptors (Lipinski definition) is 4. The van der Waals surface area contributed by atoms with Gasteiger partial charge < -0.3 is 10.6 Å². The Labute approximate surface area is 195 Å². The van der Waals surface area contributed by atoms with Gasteiger partial charge in [-0.3, -0.25) is 19.4 Å². The summed E-state index contributed by atoms with van der Waals surface area (Å²) in [5, 5.41) is 5.96. The minimum atomic E-state index is -0.0171. The van der Waals surface area contributed by atoms with Crippen LogP contribution in [0.4, 0.5) is 5.69 Å². The summed E-state index contributed by atoms with van der Waals surface area (Å²) in [5.41, 5.74) is 4.17. The highest BCUT2D eigenvalue weighted by Gasteiger charge is 2.20. The lowest BCUT2D eigenvalue weighted by molar-refractivity contribution is -0.123. The predicted molar refractivity (Wildman–Crippen MR) is 132 cm³/mol. The molecule has 170 valence electrons. The topological polar surface area (TPSA) is 64.7 Å². The van der Waals surface area contributed by atoms with Crippen LogP contribution in [0.2, 0.25) is 0 Å². The van der Waals surface area contributed by atoms with Crippen LogP contribution in [-0.4, -0.2) is 60.9 Å². The van der Waals surface area contributed by atoms with Crippen molar-refractivity contribution in [3.63, 3.8) is 0 Å². The Balaban J connectivity index is 1.16. The lowest BCUT2D eigenvalue weighted by Crippen LogP contribution is -2.50. The van der Waals surface area contributed by atoms with Crippen molar-refractivity contribution in [1.82, 2.24) is 15.1 Å². The first-order chi connectivity index (χ1) is 16.2. The molecule has 0 unspecified atom stereocenters. The third-order valence-electron chi connectivity index (χ3n) is 5.81. The molecular formula is C27H30N4O2. The quantitative estimate of drug-likeness (QED) is 0.562. The molecule has 0 aliphatic carbocycles. The van der Waals surface area contributed by atoms with E-state index < -0.39 is 0 Å². The molecule has 0 saturated carbocycles. The van der Waals surface area contributed by atoms with E-state index in [1.165, 1.54) is 0 Å². The smallest absolute Gasteiger partial charge is 0.238 e. The van der Waals surface area contributed by atoms with Crippen molar-refractivity contribution in [2.24, 2.45) is 0 Å². The number of carbonyl (C=O) groups excluding carboxylic acids is 2. The van der Waals surface area contributed by atoms with Crippen molar-refractivity contribution in [3.05, 3.63) is 90.5 Å². The van der Waals surface area contributed by atoms with E-state index in [4.69, 9.17) is 0 Å². The van der Waals surface area contributed by atoms with Gasteiger partial charge in [0.25, 0.3) is 0 Å². The lowest BCUT2D eigenvalue weighted by atomic mass is 10.1. The summed E-state index contributed by atoms with van der Waals surface area (Å²) in [6.45, 7) is 4.38. The van der Waals surface area contributed by atoms with Crippen molar-refractivity contribution in [1.29, 1.82) is 0 Å². The molecule has 0 bridgehead atoms. The van der Waals surface area contributed by atoms with Crippen molar-refractivity contribution in [2.45, 2.75) is 6.54 Å². The van der Waals surface area contributed by atoms with E-state index in [1.807, 2.05) is 72.8 Å². The first-order valence-electron chi connectivity index (χ1n) is 11.4. The summed E-state index contributed by atoms with van der Waals surface area (Å²) >= 11 is 0. The second-order valence-electron chi connectivity index (χ2n) is 8.31. The van der Waals surface area contributed by atoms with Crippen LogP contribution in [-0.2, 0) is 16.1 Å². The van der Waals surface area contributed by atoms with Crippen molar-refractivity contribution in [2.75, 3.05) is 44.6 Å². The average molecular weight is 443 g/mol. The van der Waals surface area contributed by atoms with Crippen molar-refractivity contribution >= 4 is 17.5 Å². The van der Waals surface area contributed by atoms with Crippen LogP contribution in [0.15, 0.2) is 84.9 Å². The Morgan fingerprint density at radius 2 is 1.15 bits per heavy atom. The molecule has 3 aromatic rings. The normalized spacial score (nSPS) is 14.5. The standard InChI is InChI=1S/C27H30N4O2/c32-26(28-19-22-7-3-1-4-8-22)20-30-15-17-31(18-16-30)21-27(33)29-25-13-11-24(12-14-25)23-9-5-2-6-10-23/h1-14H,15-21H2,(H,28,32)(H,29,33). The SMILES string of the molecule is O=C(CN1CCN(CC(=O)Nc2ccc(-c3ccccc3)cc2)CC1)NCc1ccccc1. The number of piperazine rings is 1. The molecule has 6 heteroatoms. The van der Waals surface area contributed by atoms with Gasteiger partial charge in [-0.05, 0) is 28.8 Å². The molecule has 0 radical (unpaired) electrons. The molecule has 1 saturated heterocycles. The molecule has 0 aromatic heterocycles.